The summed E-state index contributed by atoms with van der Waals surface area (Å²) in [7, 11) is 0. The lowest BCUT2D eigenvalue weighted by Gasteiger charge is -2.42. The van der Waals surface area contributed by atoms with Gasteiger partial charge in [0.15, 0.2) is 6.33 Å². The third-order valence-electron chi connectivity index (χ3n) is 5.34. The largest absolute Gasteiger partial charge is 0.486 e. The second-order valence-corrected chi connectivity index (χ2v) is 7.57. The van der Waals surface area contributed by atoms with Crippen molar-refractivity contribution in [2.45, 2.75) is 38.8 Å². The van der Waals surface area contributed by atoms with Crippen LogP contribution in [0, 0.1) is 5.82 Å². The van der Waals surface area contributed by atoms with E-state index >= 15 is 0 Å². The van der Waals surface area contributed by atoms with Crippen LogP contribution in [0.15, 0.2) is 47.4 Å². The average molecular weight is 440 g/mol. The highest BCUT2D eigenvalue weighted by atomic mass is 19.1. The fourth-order valence-corrected chi connectivity index (χ4v) is 3.72. The number of carbonyl (C=O) groups is 1. The number of carbonyl (C=O) groups excluding carboxylic acids is 1. The zero-order valence-corrected chi connectivity index (χ0v) is 18.0. The first-order valence-corrected chi connectivity index (χ1v) is 10.7. The first-order chi connectivity index (χ1) is 15.6. The van der Waals surface area contributed by atoms with Gasteiger partial charge in [0.1, 0.15) is 17.7 Å². The third-order valence-corrected chi connectivity index (χ3v) is 5.34. The van der Waals surface area contributed by atoms with Crippen molar-refractivity contribution in [3.05, 3.63) is 60.1 Å². The third kappa shape index (κ3) is 4.77. The lowest BCUT2D eigenvalue weighted by molar-refractivity contribution is -0.0211. The first kappa shape index (κ1) is 21.9. The van der Waals surface area contributed by atoms with Gasteiger partial charge in [-0.3, -0.25) is 9.88 Å². The fraction of sp³-hybridized carbons (Fsp3) is 0.391. The van der Waals surface area contributed by atoms with Crippen molar-refractivity contribution >= 4 is 5.97 Å². The lowest BCUT2D eigenvalue weighted by Crippen LogP contribution is -2.55. The van der Waals surface area contributed by atoms with E-state index in [9.17, 15) is 9.18 Å². The summed E-state index contributed by atoms with van der Waals surface area (Å²) in [5.41, 5.74) is 1.06. The Balaban J connectivity index is 1.35. The van der Waals surface area contributed by atoms with Crippen LogP contribution < -0.4 is 4.74 Å². The van der Waals surface area contributed by atoms with Crippen molar-refractivity contribution in [2.75, 3.05) is 19.7 Å². The van der Waals surface area contributed by atoms with Gasteiger partial charge in [-0.05, 0) is 37.6 Å². The second-order valence-electron chi connectivity index (χ2n) is 7.57. The van der Waals surface area contributed by atoms with E-state index in [-0.39, 0.29) is 24.3 Å². The van der Waals surface area contributed by atoms with Gasteiger partial charge in [-0.1, -0.05) is 24.6 Å². The fourth-order valence-electron chi connectivity index (χ4n) is 3.72. The van der Waals surface area contributed by atoms with E-state index in [1.165, 1.54) is 18.5 Å². The van der Waals surface area contributed by atoms with Crippen LogP contribution in [0.1, 0.15) is 49.0 Å². The number of hydrogen-bond acceptors (Lipinski definition) is 8. The summed E-state index contributed by atoms with van der Waals surface area (Å²) >= 11 is 0. The van der Waals surface area contributed by atoms with Crippen LogP contribution in [0.25, 0.3) is 11.3 Å². The van der Waals surface area contributed by atoms with Crippen LogP contribution in [0.2, 0.25) is 0 Å². The monoisotopic (exact) mass is 440 g/mol. The second kappa shape index (κ2) is 9.86. The number of likely N-dealkylation sites (tertiary alicyclic amines) is 1. The molecule has 1 unspecified atom stereocenters. The molecule has 0 spiro atoms. The van der Waals surface area contributed by atoms with Crippen molar-refractivity contribution in [3.63, 3.8) is 0 Å². The van der Waals surface area contributed by atoms with Crippen LogP contribution in [-0.4, -0.2) is 51.8 Å². The van der Waals surface area contributed by atoms with E-state index in [1.54, 1.807) is 25.3 Å². The van der Waals surface area contributed by atoms with Crippen LogP contribution in [-0.2, 0) is 4.74 Å². The number of halogens is 1. The molecule has 8 nitrogen and oxygen atoms in total. The molecule has 0 bridgehead atoms. The molecule has 4 rings (SSSR count). The maximum Gasteiger partial charge on any atom is 0.341 e. The van der Waals surface area contributed by atoms with E-state index in [0.29, 0.717) is 22.9 Å². The Morgan fingerprint density at radius 1 is 1.25 bits per heavy atom. The van der Waals surface area contributed by atoms with E-state index in [0.717, 1.165) is 25.9 Å². The first-order valence-electron chi connectivity index (χ1n) is 10.7. The molecule has 1 atom stereocenters. The molecule has 1 aliphatic heterocycles. The maximum atomic E-state index is 14.3. The standard InChI is InChI=1S/C23H25FN4O4/c1-3-5-21(22-26-14-27-32-22)28-12-17(13-28)31-16-7-9-20(25-11-16)15-6-8-18(19(24)10-15)23(29)30-4-2/h6-11,14,17,21H,3-5,12-13H2,1-2H3. The Labute approximate surface area is 185 Å². The SMILES string of the molecule is CCCC(c1ncno1)N1CC(Oc2ccc(-c3ccc(C(=O)OCC)c(F)c3)nc2)C1. The van der Waals surface area contributed by atoms with Gasteiger partial charge < -0.3 is 14.0 Å². The highest BCUT2D eigenvalue weighted by molar-refractivity contribution is 5.90. The van der Waals surface area contributed by atoms with Crippen LogP contribution in [0.3, 0.4) is 0 Å². The molecule has 32 heavy (non-hydrogen) atoms. The van der Waals surface area contributed by atoms with Crippen molar-refractivity contribution in [1.82, 2.24) is 20.0 Å². The van der Waals surface area contributed by atoms with Gasteiger partial charge in [-0.25, -0.2) is 9.18 Å². The summed E-state index contributed by atoms with van der Waals surface area (Å²) in [5, 5.41) is 3.71. The van der Waals surface area contributed by atoms with E-state index in [2.05, 4.69) is 26.9 Å². The predicted molar refractivity (Wildman–Crippen MR) is 114 cm³/mol. The van der Waals surface area contributed by atoms with Crippen LogP contribution in [0.4, 0.5) is 4.39 Å². The predicted octanol–water partition coefficient (Wildman–Crippen LogP) is 4.05. The maximum absolute atomic E-state index is 14.3. The molecule has 2 aromatic heterocycles. The minimum Gasteiger partial charge on any atom is -0.486 e. The smallest absolute Gasteiger partial charge is 0.341 e. The van der Waals surface area contributed by atoms with E-state index in [4.69, 9.17) is 14.0 Å². The van der Waals surface area contributed by atoms with Crippen molar-refractivity contribution in [2.24, 2.45) is 0 Å². The summed E-state index contributed by atoms with van der Waals surface area (Å²) in [6.07, 6.45) is 5.05. The Morgan fingerprint density at radius 3 is 2.72 bits per heavy atom. The van der Waals surface area contributed by atoms with Crippen molar-refractivity contribution < 1.29 is 23.2 Å². The summed E-state index contributed by atoms with van der Waals surface area (Å²) in [4.78, 5) is 22.6. The normalized spacial score (nSPS) is 15.2. The lowest BCUT2D eigenvalue weighted by atomic mass is 10.0. The number of rotatable bonds is 9. The van der Waals surface area contributed by atoms with E-state index in [1.807, 2.05) is 6.07 Å². The Bertz CT molecular complexity index is 1040. The molecule has 3 aromatic rings. The summed E-state index contributed by atoms with van der Waals surface area (Å²) < 4.78 is 30.4. The number of aromatic nitrogens is 3. The van der Waals surface area contributed by atoms with Gasteiger partial charge in [0.05, 0.1) is 30.1 Å². The molecule has 1 aliphatic rings. The molecule has 168 valence electrons. The Kier molecular flexibility index (Phi) is 6.75. The highest BCUT2D eigenvalue weighted by Crippen LogP contribution is 2.30. The summed E-state index contributed by atoms with van der Waals surface area (Å²) in [6.45, 7) is 5.51. The molecule has 0 aliphatic carbocycles. The molecule has 3 heterocycles. The number of nitrogens with zero attached hydrogens (tertiary/aromatic N) is 4. The molecule has 1 aromatic carbocycles. The average Bonchev–Trinajstić information content (AvgIpc) is 3.30. The summed E-state index contributed by atoms with van der Waals surface area (Å²) in [6, 6.07) is 8.02. The minimum absolute atomic E-state index is 0.0474. The molecule has 9 heteroatoms. The molecular formula is C23H25FN4O4. The molecule has 0 amide bonds. The number of ether oxygens (including phenoxy) is 2. The molecule has 0 N–H and O–H groups in total. The molecule has 1 fully saturated rings. The quantitative estimate of drug-likeness (QED) is 0.460. The van der Waals surface area contributed by atoms with Gasteiger partial charge in [-0.2, -0.15) is 4.98 Å². The molecule has 0 radical (unpaired) electrons. The zero-order valence-electron chi connectivity index (χ0n) is 18.0. The number of esters is 1. The van der Waals surface area contributed by atoms with Gasteiger partial charge >= 0.3 is 5.97 Å². The molecular weight excluding hydrogens is 415 g/mol. The molecule has 1 saturated heterocycles. The van der Waals surface area contributed by atoms with Crippen LogP contribution in [0.5, 0.6) is 5.75 Å². The van der Waals surface area contributed by atoms with Crippen LogP contribution >= 0.6 is 0 Å². The van der Waals surface area contributed by atoms with Crippen molar-refractivity contribution in [3.8, 4) is 17.0 Å². The number of hydrogen-bond donors (Lipinski definition) is 0. The van der Waals surface area contributed by atoms with Gasteiger partial charge in [-0.15, -0.1) is 0 Å². The summed E-state index contributed by atoms with van der Waals surface area (Å²) in [5.74, 6) is -0.0343. The zero-order chi connectivity index (χ0) is 22.5. The Morgan fingerprint density at radius 2 is 2.09 bits per heavy atom. The number of pyridine rings is 1. The van der Waals surface area contributed by atoms with Crippen molar-refractivity contribution in [1.29, 1.82) is 0 Å². The van der Waals surface area contributed by atoms with E-state index < -0.39 is 11.8 Å². The Hall–Kier alpha value is -3.33. The van der Waals surface area contributed by atoms with Gasteiger partial charge in [0.2, 0.25) is 5.89 Å². The minimum atomic E-state index is -0.678. The number of benzene rings is 1. The highest BCUT2D eigenvalue weighted by Gasteiger charge is 2.36. The topological polar surface area (TPSA) is 90.6 Å². The molecule has 0 saturated carbocycles. The van der Waals surface area contributed by atoms with Gasteiger partial charge in [0, 0.05) is 18.7 Å². The van der Waals surface area contributed by atoms with Gasteiger partial charge in [0.25, 0.3) is 0 Å².